The molecule has 0 aliphatic carbocycles. The number of hydrogen-bond donors (Lipinski definition) is 2. The van der Waals surface area contributed by atoms with Crippen LogP contribution in [-0.2, 0) is 10.0 Å². The van der Waals surface area contributed by atoms with Gasteiger partial charge in [-0.2, -0.15) is 0 Å². The van der Waals surface area contributed by atoms with Crippen LogP contribution in [0.15, 0.2) is 18.2 Å². The molecule has 2 N–H and O–H groups in total. The van der Waals surface area contributed by atoms with Gasteiger partial charge < -0.3 is 9.84 Å². The van der Waals surface area contributed by atoms with Crippen molar-refractivity contribution < 1.29 is 22.7 Å². The monoisotopic (exact) mass is 263 g/mol. The van der Waals surface area contributed by atoms with Crippen molar-refractivity contribution >= 4 is 15.7 Å². The standard InChI is InChI=1S/C10H14FNO4S/c1-7(6-13)17(14,15)12-8-3-4-10(16-2)9(11)5-8/h3-5,7,12-13H,6H2,1-2H3. The number of aliphatic hydroxyl groups is 1. The molecule has 17 heavy (non-hydrogen) atoms. The molecule has 0 aromatic heterocycles. The van der Waals surface area contributed by atoms with E-state index < -0.39 is 27.7 Å². The van der Waals surface area contributed by atoms with E-state index in [1.54, 1.807) is 0 Å². The Hall–Kier alpha value is -1.34. The Balaban J connectivity index is 2.93. The lowest BCUT2D eigenvalue weighted by atomic mass is 10.3. The second-order valence-corrected chi connectivity index (χ2v) is 5.59. The zero-order valence-electron chi connectivity index (χ0n) is 9.47. The highest BCUT2D eigenvalue weighted by Crippen LogP contribution is 2.21. The third-order valence-corrected chi connectivity index (χ3v) is 3.93. The molecule has 0 radical (unpaired) electrons. The van der Waals surface area contributed by atoms with Crippen molar-refractivity contribution in [2.24, 2.45) is 0 Å². The molecule has 0 bridgehead atoms. The smallest absolute Gasteiger partial charge is 0.237 e. The Bertz CT molecular complexity index is 489. The van der Waals surface area contributed by atoms with Gasteiger partial charge in [-0.3, -0.25) is 4.72 Å². The fourth-order valence-corrected chi connectivity index (χ4v) is 1.95. The summed E-state index contributed by atoms with van der Waals surface area (Å²) in [4.78, 5) is 0. The van der Waals surface area contributed by atoms with Crippen LogP contribution in [-0.4, -0.2) is 32.5 Å². The van der Waals surface area contributed by atoms with Gasteiger partial charge >= 0.3 is 0 Å². The van der Waals surface area contributed by atoms with E-state index in [9.17, 15) is 12.8 Å². The summed E-state index contributed by atoms with van der Waals surface area (Å²) >= 11 is 0. The highest BCUT2D eigenvalue weighted by molar-refractivity contribution is 7.93. The van der Waals surface area contributed by atoms with Gasteiger partial charge in [0.15, 0.2) is 11.6 Å². The molecule has 7 heteroatoms. The molecule has 0 saturated carbocycles. The maximum atomic E-state index is 13.3. The number of halogens is 1. The topological polar surface area (TPSA) is 75.6 Å². The van der Waals surface area contributed by atoms with Gasteiger partial charge in [0, 0.05) is 6.07 Å². The Morgan fingerprint density at radius 2 is 2.18 bits per heavy atom. The molecule has 0 saturated heterocycles. The highest BCUT2D eigenvalue weighted by atomic mass is 32.2. The molecule has 0 amide bonds. The van der Waals surface area contributed by atoms with Crippen LogP contribution in [0.3, 0.4) is 0 Å². The second-order valence-electron chi connectivity index (χ2n) is 3.49. The summed E-state index contributed by atoms with van der Waals surface area (Å²) < 4.78 is 43.3. The third kappa shape index (κ3) is 3.31. The average molecular weight is 263 g/mol. The van der Waals surface area contributed by atoms with Gasteiger partial charge in [-0.1, -0.05) is 0 Å². The SMILES string of the molecule is COc1ccc(NS(=O)(=O)C(C)CO)cc1F. The summed E-state index contributed by atoms with van der Waals surface area (Å²) in [6, 6.07) is 3.71. The number of methoxy groups -OCH3 is 1. The van der Waals surface area contributed by atoms with Gasteiger partial charge in [0.25, 0.3) is 0 Å². The molecule has 0 fully saturated rings. The molecular weight excluding hydrogens is 249 g/mol. The van der Waals surface area contributed by atoms with Crippen LogP contribution < -0.4 is 9.46 Å². The second kappa shape index (κ2) is 5.33. The van der Waals surface area contributed by atoms with Gasteiger partial charge in [-0.25, -0.2) is 12.8 Å². The largest absolute Gasteiger partial charge is 0.494 e. The molecule has 1 aromatic carbocycles. The van der Waals surface area contributed by atoms with E-state index in [2.05, 4.69) is 4.72 Å². The summed E-state index contributed by atoms with van der Waals surface area (Å²) in [6.07, 6.45) is 0. The summed E-state index contributed by atoms with van der Waals surface area (Å²) in [5, 5.41) is 7.81. The third-order valence-electron chi connectivity index (χ3n) is 2.20. The van der Waals surface area contributed by atoms with Crippen molar-refractivity contribution in [1.82, 2.24) is 0 Å². The molecule has 0 spiro atoms. The zero-order valence-corrected chi connectivity index (χ0v) is 10.3. The van der Waals surface area contributed by atoms with Crippen molar-refractivity contribution in [3.8, 4) is 5.75 Å². The predicted molar refractivity (Wildman–Crippen MR) is 62.0 cm³/mol. The molecule has 96 valence electrons. The number of aliphatic hydroxyl groups excluding tert-OH is 1. The summed E-state index contributed by atoms with van der Waals surface area (Å²) in [5.41, 5.74) is 0.0867. The van der Waals surface area contributed by atoms with Gasteiger partial charge in [-0.05, 0) is 19.1 Å². The number of nitrogens with one attached hydrogen (secondary N) is 1. The van der Waals surface area contributed by atoms with Crippen LogP contribution in [0.5, 0.6) is 5.75 Å². The molecule has 1 aromatic rings. The van der Waals surface area contributed by atoms with E-state index in [-0.39, 0.29) is 11.4 Å². The normalized spacial score (nSPS) is 13.2. The number of rotatable bonds is 5. The molecule has 5 nitrogen and oxygen atoms in total. The fraction of sp³-hybridized carbons (Fsp3) is 0.400. The quantitative estimate of drug-likeness (QED) is 0.829. The first-order valence-corrected chi connectivity index (χ1v) is 6.41. The number of hydrogen-bond acceptors (Lipinski definition) is 4. The molecule has 0 aliphatic heterocycles. The number of benzene rings is 1. The molecular formula is C10H14FNO4S. The molecule has 0 heterocycles. The Labute approximate surface area is 99.3 Å². The van der Waals surface area contributed by atoms with Crippen LogP contribution in [0, 0.1) is 5.82 Å². The minimum atomic E-state index is -3.71. The van der Waals surface area contributed by atoms with Crippen molar-refractivity contribution in [2.75, 3.05) is 18.4 Å². The summed E-state index contributed by atoms with van der Waals surface area (Å²) in [6.45, 7) is 0.843. The number of sulfonamides is 1. The van der Waals surface area contributed by atoms with E-state index in [1.807, 2.05) is 0 Å². The van der Waals surface area contributed by atoms with Crippen molar-refractivity contribution in [2.45, 2.75) is 12.2 Å². The minimum Gasteiger partial charge on any atom is -0.494 e. The van der Waals surface area contributed by atoms with Crippen molar-refractivity contribution in [3.05, 3.63) is 24.0 Å². The molecule has 1 rings (SSSR count). The van der Waals surface area contributed by atoms with Gasteiger partial charge in [-0.15, -0.1) is 0 Å². The molecule has 1 atom stereocenters. The van der Waals surface area contributed by atoms with Crippen molar-refractivity contribution in [1.29, 1.82) is 0 Å². The first-order valence-electron chi connectivity index (χ1n) is 4.86. The van der Waals surface area contributed by atoms with Crippen molar-refractivity contribution in [3.63, 3.8) is 0 Å². The van der Waals surface area contributed by atoms with Crippen LogP contribution >= 0.6 is 0 Å². The Morgan fingerprint density at radius 3 is 2.65 bits per heavy atom. The Morgan fingerprint density at radius 1 is 1.53 bits per heavy atom. The lowest BCUT2D eigenvalue weighted by Crippen LogP contribution is -2.28. The maximum Gasteiger partial charge on any atom is 0.237 e. The summed E-state index contributed by atoms with van der Waals surface area (Å²) in [7, 11) is -2.39. The van der Waals surface area contributed by atoms with Gasteiger partial charge in [0.05, 0.1) is 19.4 Å². The fourth-order valence-electron chi connectivity index (χ4n) is 1.09. The Kier molecular flexibility index (Phi) is 4.30. The van der Waals surface area contributed by atoms with Gasteiger partial charge in [0.2, 0.25) is 10.0 Å². The zero-order chi connectivity index (χ0) is 13.1. The van der Waals surface area contributed by atoms with E-state index in [4.69, 9.17) is 9.84 Å². The first-order chi connectivity index (χ1) is 7.90. The minimum absolute atomic E-state index is 0.0307. The maximum absolute atomic E-state index is 13.3. The molecule has 1 unspecified atom stereocenters. The van der Waals surface area contributed by atoms with Crippen LogP contribution in [0.1, 0.15) is 6.92 Å². The predicted octanol–water partition coefficient (Wildman–Crippen LogP) is 0.957. The average Bonchev–Trinajstić information content (AvgIpc) is 2.27. The van der Waals surface area contributed by atoms with E-state index >= 15 is 0 Å². The first kappa shape index (κ1) is 13.7. The lowest BCUT2D eigenvalue weighted by Gasteiger charge is -2.13. The van der Waals surface area contributed by atoms with E-state index in [0.717, 1.165) is 6.07 Å². The van der Waals surface area contributed by atoms with Gasteiger partial charge in [0.1, 0.15) is 5.25 Å². The summed E-state index contributed by atoms with van der Waals surface area (Å²) in [5.74, 6) is -0.632. The lowest BCUT2D eigenvalue weighted by molar-refractivity contribution is 0.296. The number of ether oxygens (including phenoxy) is 1. The van der Waals surface area contributed by atoms with Crippen LogP contribution in [0.4, 0.5) is 10.1 Å². The molecule has 0 aliphatic rings. The van der Waals surface area contributed by atoms with Crippen LogP contribution in [0.2, 0.25) is 0 Å². The van der Waals surface area contributed by atoms with Crippen LogP contribution in [0.25, 0.3) is 0 Å². The number of anilines is 1. The van der Waals surface area contributed by atoms with E-state index in [1.165, 1.54) is 26.2 Å². The highest BCUT2D eigenvalue weighted by Gasteiger charge is 2.20. The van der Waals surface area contributed by atoms with E-state index in [0.29, 0.717) is 0 Å².